The van der Waals surface area contributed by atoms with Crippen molar-refractivity contribution >= 4 is 22.7 Å². The Morgan fingerprint density at radius 2 is 1.91 bits per heavy atom. The van der Waals surface area contributed by atoms with Gasteiger partial charge in [0.05, 0.1) is 5.39 Å². The van der Waals surface area contributed by atoms with Crippen molar-refractivity contribution in [1.82, 2.24) is 14.9 Å². The number of rotatable bonds is 6. The molecule has 4 rings (SSSR count). The zero-order chi connectivity index (χ0) is 25.7. The number of nitrogens with zero attached hydrogens (tertiary/aromatic N) is 2. The zero-order valence-electron chi connectivity index (χ0n) is 20.0. The number of carbonyl (C=O) groups excluding carboxylic acids is 1. The number of halogens is 3. The van der Waals surface area contributed by atoms with Gasteiger partial charge in [0.2, 0.25) is 0 Å². The van der Waals surface area contributed by atoms with Crippen molar-refractivity contribution < 1.29 is 27.4 Å². The van der Waals surface area contributed by atoms with Gasteiger partial charge < -0.3 is 19.7 Å². The Bertz CT molecular complexity index is 1250. The molecule has 0 radical (unpaired) electrons. The Balaban J connectivity index is 1.71. The molecule has 1 aromatic carbocycles. The van der Waals surface area contributed by atoms with E-state index in [-0.39, 0.29) is 41.1 Å². The van der Waals surface area contributed by atoms with Gasteiger partial charge in [-0.3, -0.25) is 14.3 Å². The number of alkyl halides is 2. The molecule has 2 heterocycles. The lowest BCUT2D eigenvalue weighted by molar-refractivity contribution is -0.0488. The lowest BCUT2D eigenvalue weighted by Crippen LogP contribution is -2.42. The standard InChI is InChI=1S/C23H29F3N4O5/c1-11(27-22(33)35-23(2,3)4)12-7-8-29(10-12)17-15(24)9-14-16(18(17)34-20(25)26)30(13-5-6-13)21(32)28-19(14)31/h9,11-13,20H,5-8,10H2,1-4H3,(H,27,33)(H,28,31,32)/t11-,12+/m0/s1. The van der Waals surface area contributed by atoms with E-state index >= 15 is 4.39 Å². The number of aromatic amines is 1. The topological polar surface area (TPSA) is 106 Å². The van der Waals surface area contributed by atoms with Gasteiger partial charge >= 0.3 is 18.4 Å². The van der Waals surface area contributed by atoms with Crippen LogP contribution in [0.5, 0.6) is 5.75 Å². The van der Waals surface area contributed by atoms with Gasteiger partial charge in [-0.05, 0) is 58.9 Å². The molecule has 1 aliphatic heterocycles. The summed E-state index contributed by atoms with van der Waals surface area (Å²) in [7, 11) is 0. The summed E-state index contributed by atoms with van der Waals surface area (Å²) in [4.78, 5) is 40.8. The molecule has 192 valence electrons. The molecule has 0 bridgehead atoms. The zero-order valence-corrected chi connectivity index (χ0v) is 20.0. The van der Waals surface area contributed by atoms with Crippen LogP contribution in [0.4, 0.5) is 23.7 Å². The number of ether oxygens (including phenoxy) is 2. The van der Waals surface area contributed by atoms with E-state index in [0.29, 0.717) is 25.8 Å². The molecular formula is C23H29F3N4O5. The third-order valence-corrected chi connectivity index (χ3v) is 6.22. The fraction of sp³-hybridized carbons (Fsp3) is 0.609. The van der Waals surface area contributed by atoms with Crippen LogP contribution < -0.4 is 26.2 Å². The number of benzene rings is 1. The second-order valence-electron chi connectivity index (χ2n) is 10.1. The third kappa shape index (κ3) is 5.25. The highest BCUT2D eigenvalue weighted by molar-refractivity contribution is 5.91. The van der Waals surface area contributed by atoms with Crippen LogP contribution in [0.1, 0.15) is 53.0 Å². The molecule has 2 fully saturated rings. The van der Waals surface area contributed by atoms with Gasteiger partial charge in [0.1, 0.15) is 16.8 Å². The van der Waals surface area contributed by atoms with Crippen LogP contribution in [0.3, 0.4) is 0 Å². The van der Waals surface area contributed by atoms with Gasteiger partial charge in [-0.15, -0.1) is 0 Å². The summed E-state index contributed by atoms with van der Waals surface area (Å²) >= 11 is 0. The van der Waals surface area contributed by atoms with E-state index in [2.05, 4.69) is 10.3 Å². The lowest BCUT2D eigenvalue weighted by Gasteiger charge is -2.27. The average Bonchev–Trinajstić information content (AvgIpc) is 3.42. The number of H-pyrrole nitrogens is 1. The summed E-state index contributed by atoms with van der Waals surface area (Å²) in [5.74, 6) is -1.58. The Morgan fingerprint density at radius 1 is 1.23 bits per heavy atom. The summed E-state index contributed by atoms with van der Waals surface area (Å²) < 4.78 is 53.6. The van der Waals surface area contributed by atoms with Crippen LogP contribution in [0, 0.1) is 11.7 Å². The molecule has 2 aliphatic rings. The van der Waals surface area contributed by atoms with Crippen molar-refractivity contribution in [3.05, 3.63) is 32.7 Å². The molecule has 2 aromatic rings. The number of hydrogen-bond donors (Lipinski definition) is 2. The number of fused-ring (bicyclic) bond motifs is 1. The van der Waals surface area contributed by atoms with Gasteiger partial charge in [-0.25, -0.2) is 14.0 Å². The van der Waals surface area contributed by atoms with Crippen LogP contribution in [0.15, 0.2) is 15.7 Å². The Morgan fingerprint density at radius 3 is 2.51 bits per heavy atom. The SMILES string of the molecule is C[C@H](NC(=O)OC(C)(C)C)[C@@H]1CCN(c2c(F)cc3c(=O)[nH]c(=O)n(C4CC4)c3c2OC(F)F)C1. The van der Waals surface area contributed by atoms with Crippen molar-refractivity contribution in [3.8, 4) is 5.75 Å². The molecular weight excluding hydrogens is 469 g/mol. The van der Waals surface area contributed by atoms with Gasteiger partial charge in [-0.2, -0.15) is 8.78 Å². The second-order valence-corrected chi connectivity index (χ2v) is 10.1. The van der Waals surface area contributed by atoms with E-state index < -0.39 is 41.1 Å². The van der Waals surface area contributed by atoms with Crippen LogP contribution >= 0.6 is 0 Å². The second kappa shape index (κ2) is 9.12. The fourth-order valence-corrected chi connectivity index (χ4v) is 4.53. The number of nitrogens with one attached hydrogen (secondary N) is 2. The van der Waals surface area contributed by atoms with Gasteiger partial charge in [0.15, 0.2) is 11.6 Å². The maximum atomic E-state index is 15.3. The van der Waals surface area contributed by atoms with E-state index in [9.17, 15) is 23.2 Å². The molecule has 2 atom stereocenters. The summed E-state index contributed by atoms with van der Waals surface area (Å²) in [6.45, 7) is 4.25. The maximum Gasteiger partial charge on any atom is 0.407 e. The van der Waals surface area contributed by atoms with Gasteiger partial charge in [-0.1, -0.05) is 0 Å². The van der Waals surface area contributed by atoms with Crippen molar-refractivity contribution in [2.24, 2.45) is 5.92 Å². The molecule has 0 unspecified atom stereocenters. The molecule has 9 nitrogen and oxygen atoms in total. The quantitative estimate of drug-likeness (QED) is 0.632. The molecule has 1 aliphatic carbocycles. The van der Waals surface area contributed by atoms with Crippen molar-refractivity contribution in [3.63, 3.8) is 0 Å². The Labute approximate surface area is 199 Å². The minimum atomic E-state index is -3.30. The minimum absolute atomic E-state index is 0.137. The summed E-state index contributed by atoms with van der Waals surface area (Å²) in [6.07, 6.45) is 1.20. The number of amides is 1. The van der Waals surface area contributed by atoms with E-state index in [1.807, 2.05) is 0 Å². The van der Waals surface area contributed by atoms with Crippen LogP contribution in [-0.2, 0) is 4.74 Å². The van der Waals surface area contributed by atoms with Crippen LogP contribution in [-0.4, -0.2) is 47.0 Å². The first-order valence-corrected chi connectivity index (χ1v) is 11.6. The molecule has 35 heavy (non-hydrogen) atoms. The van der Waals surface area contributed by atoms with E-state index in [4.69, 9.17) is 9.47 Å². The smallest absolute Gasteiger partial charge is 0.407 e. The normalized spacial score (nSPS) is 19.3. The maximum absolute atomic E-state index is 15.3. The van der Waals surface area contributed by atoms with Crippen LogP contribution in [0.2, 0.25) is 0 Å². The molecule has 1 aromatic heterocycles. The number of aromatic nitrogens is 2. The summed E-state index contributed by atoms with van der Waals surface area (Å²) in [6, 6.07) is 0.324. The highest BCUT2D eigenvalue weighted by atomic mass is 19.3. The Kier molecular flexibility index (Phi) is 6.50. The molecule has 0 spiro atoms. The first-order valence-electron chi connectivity index (χ1n) is 11.6. The van der Waals surface area contributed by atoms with E-state index in [0.717, 1.165) is 6.07 Å². The molecule has 1 amide bonds. The highest BCUT2D eigenvalue weighted by Crippen LogP contribution is 2.44. The third-order valence-electron chi connectivity index (χ3n) is 6.22. The fourth-order valence-electron chi connectivity index (χ4n) is 4.53. The van der Waals surface area contributed by atoms with Crippen molar-refractivity contribution in [2.45, 2.75) is 71.3 Å². The average molecular weight is 499 g/mol. The number of hydrogen-bond acceptors (Lipinski definition) is 6. The molecule has 2 N–H and O–H groups in total. The van der Waals surface area contributed by atoms with Crippen molar-refractivity contribution in [1.29, 1.82) is 0 Å². The van der Waals surface area contributed by atoms with Gasteiger partial charge in [0.25, 0.3) is 5.56 Å². The van der Waals surface area contributed by atoms with Crippen molar-refractivity contribution in [2.75, 3.05) is 18.0 Å². The first kappa shape index (κ1) is 24.9. The minimum Gasteiger partial charge on any atom is -0.444 e. The number of carbonyl (C=O) groups is 1. The largest absolute Gasteiger partial charge is 0.444 e. The summed E-state index contributed by atoms with van der Waals surface area (Å²) in [5, 5.41) is 2.53. The predicted molar refractivity (Wildman–Crippen MR) is 123 cm³/mol. The first-order chi connectivity index (χ1) is 16.4. The molecule has 1 saturated heterocycles. The van der Waals surface area contributed by atoms with Crippen LogP contribution in [0.25, 0.3) is 10.9 Å². The highest BCUT2D eigenvalue weighted by Gasteiger charge is 2.36. The number of alkyl carbamates (subject to hydrolysis) is 1. The lowest BCUT2D eigenvalue weighted by atomic mass is 10.0. The molecule has 1 saturated carbocycles. The Hall–Kier alpha value is -3.18. The molecule has 12 heteroatoms. The van der Waals surface area contributed by atoms with E-state index in [1.165, 1.54) is 4.57 Å². The monoisotopic (exact) mass is 498 g/mol. The van der Waals surface area contributed by atoms with Gasteiger partial charge in [0, 0.05) is 25.2 Å². The summed E-state index contributed by atoms with van der Waals surface area (Å²) in [5.41, 5.74) is -2.67. The number of anilines is 1. The van der Waals surface area contributed by atoms with E-state index in [1.54, 1.807) is 32.6 Å². The predicted octanol–water partition coefficient (Wildman–Crippen LogP) is 3.50.